The van der Waals surface area contributed by atoms with Gasteiger partial charge in [0.25, 0.3) is 0 Å². The first kappa shape index (κ1) is 23.6. The molecule has 192 valence electrons. The molecule has 1 amide bonds. The van der Waals surface area contributed by atoms with E-state index in [1.807, 2.05) is 17.9 Å². The lowest BCUT2D eigenvalue weighted by atomic mass is 9.66. The molecular weight excluding hydrogens is 470 g/mol. The molecule has 10 heteroatoms. The Morgan fingerprint density at radius 1 is 1.14 bits per heavy atom. The van der Waals surface area contributed by atoms with Gasteiger partial charge in [-0.1, -0.05) is 6.42 Å². The molecule has 6 rings (SSSR count). The largest absolute Gasteiger partial charge is 0.465 e. The lowest BCUT2D eigenvalue weighted by molar-refractivity contribution is -0.157. The number of carbonyl (C=O) groups is 2. The number of rotatable bonds is 3. The molecule has 2 saturated heterocycles. The van der Waals surface area contributed by atoms with E-state index in [2.05, 4.69) is 27.8 Å². The number of pyridine rings is 1. The lowest BCUT2D eigenvalue weighted by Crippen LogP contribution is -2.61. The van der Waals surface area contributed by atoms with Gasteiger partial charge in [-0.05, 0) is 45.7 Å². The maximum atomic E-state index is 13.5. The number of cyclic esters (lactones) is 1. The molecule has 2 aromatic rings. The Bertz CT molecular complexity index is 1320. The highest BCUT2D eigenvalue weighted by Crippen LogP contribution is 2.56. The zero-order valence-corrected chi connectivity index (χ0v) is 21.5. The second kappa shape index (κ2) is 8.40. The number of ether oxygens (including phenoxy) is 1. The molecule has 1 unspecified atom stereocenters. The van der Waals surface area contributed by atoms with E-state index in [1.165, 1.54) is 0 Å². The smallest absolute Gasteiger partial charge is 0.321 e. The number of carbonyl (C=O) groups excluding carboxylic acids is 2. The van der Waals surface area contributed by atoms with E-state index < -0.39 is 11.4 Å². The Kier molecular flexibility index (Phi) is 5.37. The van der Waals surface area contributed by atoms with E-state index in [9.17, 15) is 14.9 Å². The fourth-order valence-electron chi connectivity index (χ4n) is 6.38. The molecule has 37 heavy (non-hydrogen) atoms. The van der Waals surface area contributed by atoms with Crippen molar-refractivity contribution in [2.75, 3.05) is 36.0 Å². The average molecular weight is 502 g/mol. The van der Waals surface area contributed by atoms with Gasteiger partial charge in [-0.2, -0.15) is 5.26 Å². The van der Waals surface area contributed by atoms with Crippen molar-refractivity contribution in [3.63, 3.8) is 0 Å². The summed E-state index contributed by atoms with van der Waals surface area (Å²) >= 11 is 0. The van der Waals surface area contributed by atoms with E-state index >= 15 is 0 Å². The van der Waals surface area contributed by atoms with Gasteiger partial charge in [-0.3, -0.25) is 9.59 Å². The molecule has 0 N–H and O–H groups in total. The summed E-state index contributed by atoms with van der Waals surface area (Å²) in [4.78, 5) is 46.2. The van der Waals surface area contributed by atoms with Crippen LogP contribution in [0.3, 0.4) is 0 Å². The first-order chi connectivity index (χ1) is 17.8. The third-order valence-electron chi connectivity index (χ3n) is 8.79. The van der Waals surface area contributed by atoms with Crippen molar-refractivity contribution in [2.45, 2.75) is 64.0 Å². The summed E-state index contributed by atoms with van der Waals surface area (Å²) in [6.45, 7) is 8.01. The normalized spacial score (nSPS) is 28.1. The van der Waals surface area contributed by atoms with Crippen molar-refractivity contribution in [1.82, 2.24) is 19.9 Å². The Balaban J connectivity index is 1.34. The van der Waals surface area contributed by atoms with Crippen molar-refractivity contribution in [2.24, 2.45) is 5.41 Å². The van der Waals surface area contributed by atoms with Gasteiger partial charge in [0.1, 0.15) is 29.2 Å². The highest BCUT2D eigenvalue weighted by molar-refractivity contribution is 6.03. The number of nitriles is 1. The SMILES string of the molecule is C[C@@H]1CN(c2ncnc3c2C2(CCC2)CN3c2cc(C#N)ccn2)[C@@H](C)CN1C(=O)C1(C)CCOC1=O. The van der Waals surface area contributed by atoms with Crippen LogP contribution in [-0.4, -0.2) is 70.1 Å². The second-order valence-electron chi connectivity index (χ2n) is 11.2. The van der Waals surface area contributed by atoms with Gasteiger partial charge in [-0.15, -0.1) is 0 Å². The van der Waals surface area contributed by atoms with Crippen molar-refractivity contribution in [1.29, 1.82) is 5.26 Å². The summed E-state index contributed by atoms with van der Waals surface area (Å²) in [7, 11) is 0. The van der Waals surface area contributed by atoms with E-state index in [4.69, 9.17) is 14.7 Å². The maximum Gasteiger partial charge on any atom is 0.321 e. The summed E-state index contributed by atoms with van der Waals surface area (Å²) in [5.41, 5.74) is 0.565. The Labute approximate surface area is 216 Å². The van der Waals surface area contributed by atoms with Gasteiger partial charge >= 0.3 is 5.97 Å². The standard InChI is InChI=1S/C27H31N7O3/c1-17-14-33(24(35)26(3)8-10-37-25(26)36)18(2)13-32(17)22-21-23(31-16-30-22)34(15-27(21)6-4-7-27)20-11-19(12-28)5-9-29-20/h5,9,11,16-18H,4,6-8,10,13-15H2,1-3H3/t17-,18+,26?/m0/s1. The van der Waals surface area contributed by atoms with Crippen LogP contribution in [0.25, 0.3) is 0 Å². The number of esters is 1. The Hall–Kier alpha value is -3.74. The van der Waals surface area contributed by atoms with Crippen LogP contribution in [0.4, 0.5) is 17.5 Å². The predicted octanol–water partition coefficient (Wildman–Crippen LogP) is 2.70. The molecule has 0 aromatic carbocycles. The maximum absolute atomic E-state index is 13.5. The molecule has 3 atom stereocenters. The molecule has 1 spiro atoms. The fraction of sp³-hybridized carbons (Fsp3) is 0.556. The van der Waals surface area contributed by atoms with Crippen LogP contribution in [0.5, 0.6) is 0 Å². The van der Waals surface area contributed by atoms with Gasteiger partial charge < -0.3 is 19.4 Å². The zero-order chi connectivity index (χ0) is 25.9. The number of hydrogen-bond donors (Lipinski definition) is 0. The first-order valence-electron chi connectivity index (χ1n) is 13.0. The Morgan fingerprint density at radius 2 is 1.92 bits per heavy atom. The fourth-order valence-corrected chi connectivity index (χ4v) is 6.38. The van der Waals surface area contributed by atoms with Crippen LogP contribution >= 0.6 is 0 Å². The number of amides is 1. The van der Waals surface area contributed by atoms with Crippen LogP contribution in [0.2, 0.25) is 0 Å². The molecular formula is C27H31N7O3. The van der Waals surface area contributed by atoms with E-state index in [0.717, 1.165) is 48.8 Å². The molecule has 1 saturated carbocycles. The summed E-state index contributed by atoms with van der Waals surface area (Å²) < 4.78 is 5.14. The van der Waals surface area contributed by atoms with Gasteiger partial charge in [0, 0.05) is 55.3 Å². The van der Waals surface area contributed by atoms with Crippen LogP contribution in [-0.2, 0) is 19.7 Å². The summed E-state index contributed by atoms with van der Waals surface area (Å²) in [6, 6.07) is 5.64. The number of hydrogen-bond acceptors (Lipinski definition) is 9. The quantitative estimate of drug-likeness (QED) is 0.462. The summed E-state index contributed by atoms with van der Waals surface area (Å²) in [5, 5.41) is 9.41. The van der Waals surface area contributed by atoms with E-state index in [0.29, 0.717) is 31.7 Å². The number of nitrogens with zero attached hydrogens (tertiary/aromatic N) is 7. The Morgan fingerprint density at radius 3 is 2.59 bits per heavy atom. The van der Waals surface area contributed by atoms with Crippen LogP contribution in [0.15, 0.2) is 24.7 Å². The monoisotopic (exact) mass is 501 g/mol. The van der Waals surface area contributed by atoms with Gasteiger partial charge in [0.05, 0.1) is 18.2 Å². The number of anilines is 3. The van der Waals surface area contributed by atoms with Crippen LogP contribution < -0.4 is 9.80 Å². The number of fused-ring (bicyclic) bond motifs is 2. The van der Waals surface area contributed by atoms with Gasteiger partial charge in [0.15, 0.2) is 0 Å². The summed E-state index contributed by atoms with van der Waals surface area (Å²) in [6.07, 6.45) is 6.95. The minimum absolute atomic E-state index is 0.00592. The third-order valence-corrected chi connectivity index (χ3v) is 8.79. The molecule has 2 aromatic heterocycles. The third kappa shape index (κ3) is 3.47. The topological polar surface area (TPSA) is 116 Å². The highest BCUT2D eigenvalue weighted by Gasteiger charge is 2.53. The lowest BCUT2D eigenvalue weighted by Gasteiger charge is -2.48. The zero-order valence-electron chi connectivity index (χ0n) is 21.5. The van der Waals surface area contributed by atoms with Crippen LogP contribution in [0, 0.1) is 16.7 Å². The average Bonchev–Trinajstić information content (AvgIpc) is 3.43. The number of aromatic nitrogens is 3. The van der Waals surface area contributed by atoms with Crippen LogP contribution in [0.1, 0.15) is 57.6 Å². The molecule has 3 aliphatic heterocycles. The molecule has 0 radical (unpaired) electrons. The van der Waals surface area contributed by atoms with Crippen molar-refractivity contribution in [3.8, 4) is 6.07 Å². The number of piperazine rings is 1. The van der Waals surface area contributed by atoms with Crippen molar-refractivity contribution >= 4 is 29.3 Å². The summed E-state index contributed by atoms with van der Waals surface area (Å²) in [5.74, 6) is 1.93. The minimum atomic E-state index is -1.10. The molecule has 4 aliphatic rings. The highest BCUT2D eigenvalue weighted by atomic mass is 16.5. The van der Waals surface area contributed by atoms with Gasteiger partial charge in [-0.25, -0.2) is 15.0 Å². The molecule has 3 fully saturated rings. The molecule has 1 aliphatic carbocycles. The molecule has 5 heterocycles. The second-order valence-corrected chi connectivity index (χ2v) is 11.2. The van der Waals surface area contributed by atoms with E-state index in [-0.39, 0.29) is 23.4 Å². The predicted molar refractivity (Wildman–Crippen MR) is 135 cm³/mol. The molecule has 10 nitrogen and oxygen atoms in total. The van der Waals surface area contributed by atoms with E-state index in [1.54, 1.807) is 25.5 Å². The van der Waals surface area contributed by atoms with Crippen molar-refractivity contribution < 1.29 is 14.3 Å². The minimum Gasteiger partial charge on any atom is -0.465 e. The van der Waals surface area contributed by atoms with Gasteiger partial charge in [0.2, 0.25) is 5.91 Å². The molecule has 0 bridgehead atoms. The van der Waals surface area contributed by atoms with Crippen molar-refractivity contribution in [3.05, 3.63) is 35.8 Å². The first-order valence-corrected chi connectivity index (χ1v) is 13.0.